The quantitative estimate of drug-likeness (QED) is 0.839. The molecule has 114 valence electrons. The molecule has 2 aliphatic carbocycles. The molecular formula is C16H29N3O. The molecule has 0 radical (unpaired) electrons. The molecule has 3 rings (SSSR count). The fourth-order valence-electron chi connectivity index (χ4n) is 4.52. The average Bonchev–Trinajstić information content (AvgIpc) is 3.03. The smallest absolute Gasteiger partial charge is 0.234 e. The summed E-state index contributed by atoms with van der Waals surface area (Å²) in [6.07, 6.45) is 5.60. The van der Waals surface area contributed by atoms with Crippen LogP contribution >= 0.6 is 0 Å². The minimum Gasteiger partial charge on any atom is -0.352 e. The van der Waals surface area contributed by atoms with Gasteiger partial charge >= 0.3 is 0 Å². The fourth-order valence-corrected chi connectivity index (χ4v) is 4.52. The Hall–Kier alpha value is -0.610. The van der Waals surface area contributed by atoms with E-state index in [9.17, 15) is 4.79 Å². The van der Waals surface area contributed by atoms with Gasteiger partial charge in [-0.3, -0.25) is 9.69 Å². The van der Waals surface area contributed by atoms with E-state index in [0.717, 1.165) is 43.9 Å². The van der Waals surface area contributed by atoms with Crippen molar-refractivity contribution in [2.45, 2.75) is 38.6 Å². The van der Waals surface area contributed by atoms with Crippen LogP contribution in [0.25, 0.3) is 0 Å². The first kappa shape index (κ1) is 14.3. The Morgan fingerprint density at radius 3 is 2.55 bits per heavy atom. The molecule has 3 fully saturated rings. The average molecular weight is 279 g/mol. The maximum Gasteiger partial charge on any atom is 0.234 e. The van der Waals surface area contributed by atoms with E-state index in [4.69, 9.17) is 0 Å². The Morgan fingerprint density at radius 1 is 1.20 bits per heavy atom. The second kappa shape index (κ2) is 6.02. The number of amides is 1. The molecule has 1 saturated heterocycles. The second-order valence-electron chi connectivity index (χ2n) is 7.27. The van der Waals surface area contributed by atoms with Gasteiger partial charge in [-0.15, -0.1) is 0 Å². The van der Waals surface area contributed by atoms with Crippen molar-refractivity contribution in [2.75, 3.05) is 39.8 Å². The monoisotopic (exact) mass is 279 g/mol. The van der Waals surface area contributed by atoms with Gasteiger partial charge in [-0.1, -0.05) is 6.42 Å². The third-order valence-corrected chi connectivity index (χ3v) is 5.79. The zero-order chi connectivity index (χ0) is 14.1. The number of nitrogens with zero attached hydrogens (tertiary/aromatic N) is 2. The lowest BCUT2D eigenvalue weighted by Gasteiger charge is -2.33. The van der Waals surface area contributed by atoms with Crippen LogP contribution in [0, 0.1) is 17.8 Å². The first-order valence-electron chi connectivity index (χ1n) is 8.32. The Morgan fingerprint density at radius 2 is 1.95 bits per heavy atom. The fraction of sp³-hybridized carbons (Fsp3) is 0.938. The highest BCUT2D eigenvalue weighted by molar-refractivity contribution is 5.78. The van der Waals surface area contributed by atoms with Crippen LogP contribution in [0.1, 0.15) is 32.6 Å². The molecule has 20 heavy (non-hydrogen) atoms. The van der Waals surface area contributed by atoms with Crippen molar-refractivity contribution in [3.63, 3.8) is 0 Å². The molecule has 4 heteroatoms. The molecule has 1 heterocycles. The van der Waals surface area contributed by atoms with Gasteiger partial charge in [0, 0.05) is 32.2 Å². The van der Waals surface area contributed by atoms with Crippen LogP contribution in [0.2, 0.25) is 0 Å². The number of hydrogen-bond acceptors (Lipinski definition) is 3. The van der Waals surface area contributed by atoms with E-state index in [2.05, 4.69) is 29.1 Å². The molecule has 4 nitrogen and oxygen atoms in total. The van der Waals surface area contributed by atoms with E-state index >= 15 is 0 Å². The Labute approximate surface area is 122 Å². The molecule has 0 aromatic rings. The highest BCUT2D eigenvalue weighted by atomic mass is 16.2. The number of piperazine rings is 1. The molecule has 0 aromatic heterocycles. The second-order valence-corrected chi connectivity index (χ2v) is 7.27. The number of carbonyl (C=O) groups is 1. The lowest BCUT2D eigenvalue weighted by atomic mass is 9.84. The molecule has 4 atom stereocenters. The van der Waals surface area contributed by atoms with E-state index in [-0.39, 0.29) is 5.91 Å². The molecule has 2 saturated carbocycles. The number of nitrogens with one attached hydrogen (secondary N) is 1. The third kappa shape index (κ3) is 3.17. The summed E-state index contributed by atoms with van der Waals surface area (Å²) in [7, 11) is 2.15. The molecule has 1 amide bonds. The summed E-state index contributed by atoms with van der Waals surface area (Å²) in [5.74, 6) is 2.82. The standard InChI is InChI=1S/C16H29N3O/c1-12(15-10-13-3-4-14(15)9-13)17-16(20)11-19-7-5-18(2)6-8-19/h12-15H,3-11H2,1-2H3,(H,17,20)/t12-,13-,14-,15-/m1/s1. The lowest BCUT2D eigenvalue weighted by Crippen LogP contribution is -2.50. The van der Waals surface area contributed by atoms with Crippen LogP contribution < -0.4 is 5.32 Å². The maximum absolute atomic E-state index is 12.2. The van der Waals surface area contributed by atoms with Gasteiger partial charge in [-0.2, -0.15) is 0 Å². The van der Waals surface area contributed by atoms with Gasteiger partial charge in [0.2, 0.25) is 5.91 Å². The summed E-state index contributed by atoms with van der Waals surface area (Å²) in [5.41, 5.74) is 0. The number of rotatable bonds is 4. The van der Waals surface area contributed by atoms with Gasteiger partial charge in [0.15, 0.2) is 0 Å². The van der Waals surface area contributed by atoms with E-state index in [1.807, 2.05) is 0 Å². The topological polar surface area (TPSA) is 35.6 Å². The molecule has 1 N–H and O–H groups in total. The molecule has 0 unspecified atom stereocenters. The van der Waals surface area contributed by atoms with E-state index in [1.165, 1.54) is 25.7 Å². The SMILES string of the molecule is C[C@@H](NC(=O)CN1CCN(C)CC1)[C@H]1C[C@@H]2CC[C@@H]1C2. The van der Waals surface area contributed by atoms with Gasteiger partial charge in [0.05, 0.1) is 6.54 Å². The summed E-state index contributed by atoms with van der Waals surface area (Å²) in [6.45, 7) is 7.00. The van der Waals surface area contributed by atoms with Crippen molar-refractivity contribution in [3.8, 4) is 0 Å². The predicted molar refractivity (Wildman–Crippen MR) is 80.5 cm³/mol. The first-order chi connectivity index (χ1) is 9.61. The molecule has 0 spiro atoms. The van der Waals surface area contributed by atoms with E-state index < -0.39 is 0 Å². The van der Waals surface area contributed by atoms with Crippen LogP contribution in [0.3, 0.4) is 0 Å². The number of hydrogen-bond donors (Lipinski definition) is 1. The van der Waals surface area contributed by atoms with Crippen molar-refractivity contribution in [1.82, 2.24) is 15.1 Å². The molecule has 2 bridgehead atoms. The van der Waals surface area contributed by atoms with Crippen LogP contribution in [-0.4, -0.2) is 61.5 Å². The van der Waals surface area contributed by atoms with Crippen LogP contribution in [0.4, 0.5) is 0 Å². The van der Waals surface area contributed by atoms with Crippen LogP contribution in [-0.2, 0) is 4.79 Å². The summed E-state index contributed by atoms with van der Waals surface area (Å²) in [4.78, 5) is 16.8. The summed E-state index contributed by atoms with van der Waals surface area (Å²) in [5, 5.41) is 3.27. The normalized spacial score (nSPS) is 36.2. The molecule has 3 aliphatic rings. The summed E-state index contributed by atoms with van der Waals surface area (Å²) >= 11 is 0. The van der Waals surface area contributed by atoms with Crippen molar-refractivity contribution in [1.29, 1.82) is 0 Å². The van der Waals surface area contributed by atoms with Gasteiger partial charge in [0.25, 0.3) is 0 Å². The Kier molecular flexibility index (Phi) is 4.32. The third-order valence-electron chi connectivity index (χ3n) is 5.79. The molecule has 0 aromatic carbocycles. The van der Waals surface area contributed by atoms with E-state index in [0.29, 0.717) is 12.6 Å². The zero-order valence-corrected chi connectivity index (χ0v) is 13.0. The van der Waals surface area contributed by atoms with Gasteiger partial charge in [0.1, 0.15) is 0 Å². The van der Waals surface area contributed by atoms with Crippen LogP contribution in [0.15, 0.2) is 0 Å². The first-order valence-corrected chi connectivity index (χ1v) is 8.32. The number of likely N-dealkylation sites (N-methyl/N-ethyl adjacent to an activating group) is 1. The lowest BCUT2D eigenvalue weighted by molar-refractivity contribution is -0.123. The Balaban J connectivity index is 1.42. The predicted octanol–water partition coefficient (Wildman–Crippen LogP) is 1.17. The van der Waals surface area contributed by atoms with Crippen molar-refractivity contribution in [3.05, 3.63) is 0 Å². The van der Waals surface area contributed by atoms with E-state index in [1.54, 1.807) is 0 Å². The number of carbonyl (C=O) groups excluding carboxylic acids is 1. The molecule has 1 aliphatic heterocycles. The largest absolute Gasteiger partial charge is 0.352 e. The zero-order valence-electron chi connectivity index (χ0n) is 13.0. The molecular weight excluding hydrogens is 250 g/mol. The van der Waals surface area contributed by atoms with Gasteiger partial charge < -0.3 is 10.2 Å². The highest BCUT2D eigenvalue weighted by Crippen LogP contribution is 2.49. The van der Waals surface area contributed by atoms with Crippen LogP contribution in [0.5, 0.6) is 0 Å². The summed E-state index contributed by atoms with van der Waals surface area (Å²) < 4.78 is 0. The van der Waals surface area contributed by atoms with Crippen molar-refractivity contribution in [2.24, 2.45) is 17.8 Å². The van der Waals surface area contributed by atoms with Gasteiger partial charge in [-0.05, 0) is 51.0 Å². The summed E-state index contributed by atoms with van der Waals surface area (Å²) in [6, 6.07) is 0.366. The van der Waals surface area contributed by atoms with Crippen molar-refractivity contribution >= 4 is 5.91 Å². The number of fused-ring (bicyclic) bond motifs is 2. The van der Waals surface area contributed by atoms with Gasteiger partial charge in [-0.25, -0.2) is 0 Å². The minimum atomic E-state index is 0.227. The van der Waals surface area contributed by atoms with Crippen molar-refractivity contribution < 1.29 is 4.79 Å². The highest BCUT2D eigenvalue weighted by Gasteiger charge is 2.42. The maximum atomic E-state index is 12.2. The Bertz CT molecular complexity index is 352. The minimum absolute atomic E-state index is 0.227.